The number of benzene rings is 1. The first-order valence-electron chi connectivity index (χ1n) is 6.72. The summed E-state index contributed by atoms with van der Waals surface area (Å²) in [5.74, 6) is -2.55. The number of furan rings is 1. The van der Waals surface area contributed by atoms with Gasteiger partial charge in [0.05, 0.1) is 6.26 Å². The summed E-state index contributed by atoms with van der Waals surface area (Å²) in [6.07, 6.45) is 1.38. The Hall–Kier alpha value is -2.90. The smallest absolute Gasteiger partial charge is 0.287 e. The Morgan fingerprint density at radius 2 is 1.91 bits per heavy atom. The van der Waals surface area contributed by atoms with Crippen LogP contribution in [-0.2, 0) is 4.79 Å². The van der Waals surface area contributed by atoms with E-state index in [1.807, 2.05) is 0 Å². The molecule has 2 N–H and O–H groups in total. The molecule has 122 valence electrons. The number of hydrogen-bond donors (Lipinski definition) is 2. The van der Waals surface area contributed by atoms with Crippen molar-refractivity contribution >= 4 is 11.8 Å². The normalized spacial score (nSPS) is 10.2. The van der Waals surface area contributed by atoms with Gasteiger partial charge in [-0.2, -0.15) is 0 Å². The lowest BCUT2D eigenvalue weighted by molar-refractivity contribution is -0.123. The largest absolute Gasteiger partial charge is 0.481 e. The lowest BCUT2D eigenvalue weighted by Crippen LogP contribution is -2.36. The fourth-order valence-electron chi connectivity index (χ4n) is 1.66. The topological polar surface area (TPSA) is 80.6 Å². The van der Waals surface area contributed by atoms with Crippen LogP contribution in [0.3, 0.4) is 0 Å². The first-order valence-corrected chi connectivity index (χ1v) is 6.72. The minimum atomic E-state index is -0.886. The van der Waals surface area contributed by atoms with Crippen LogP contribution in [0.4, 0.5) is 8.78 Å². The van der Waals surface area contributed by atoms with Crippen LogP contribution in [0.1, 0.15) is 10.6 Å². The fraction of sp³-hybridized carbons (Fsp3) is 0.200. The second-order valence-electron chi connectivity index (χ2n) is 4.45. The van der Waals surface area contributed by atoms with Crippen molar-refractivity contribution in [3.05, 3.63) is 54.0 Å². The van der Waals surface area contributed by atoms with Crippen LogP contribution >= 0.6 is 0 Å². The SMILES string of the molecule is O=C(COc1ccc(F)cc1F)NCCNC(=O)c1ccco1. The van der Waals surface area contributed by atoms with Crippen molar-refractivity contribution in [1.82, 2.24) is 10.6 Å². The van der Waals surface area contributed by atoms with Crippen LogP contribution in [0.2, 0.25) is 0 Å². The molecule has 8 heteroatoms. The third kappa shape index (κ3) is 5.10. The van der Waals surface area contributed by atoms with Gasteiger partial charge in [-0.1, -0.05) is 0 Å². The van der Waals surface area contributed by atoms with Gasteiger partial charge in [0.15, 0.2) is 23.9 Å². The maximum Gasteiger partial charge on any atom is 0.287 e. The van der Waals surface area contributed by atoms with Gasteiger partial charge in [0.2, 0.25) is 0 Å². The molecule has 6 nitrogen and oxygen atoms in total. The molecule has 0 atom stereocenters. The van der Waals surface area contributed by atoms with Crippen LogP contribution in [0.25, 0.3) is 0 Å². The third-order valence-corrected chi connectivity index (χ3v) is 2.73. The molecule has 0 spiro atoms. The highest BCUT2D eigenvalue weighted by Crippen LogP contribution is 2.17. The number of carbonyl (C=O) groups is 2. The number of amides is 2. The molecule has 1 heterocycles. The lowest BCUT2D eigenvalue weighted by Gasteiger charge is -2.08. The standard InChI is InChI=1S/C15H14F2N2O4/c16-10-3-4-12(11(17)8-10)23-9-14(20)18-5-6-19-15(21)13-2-1-7-22-13/h1-4,7-8H,5-6,9H2,(H,18,20)(H,19,21). The average molecular weight is 324 g/mol. The quantitative estimate of drug-likeness (QED) is 0.756. The van der Waals surface area contributed by atoms with Crippen LogP contribution in [-0.4, -0.2) is 31.5 Å². The van der Waals surface area contributed by atoms with Gasteiger partial charge in [0, 0.05) is 19.2 Å². The summed E-state index contributed by atoms with van der Waals surface area (Å²) in [5.41, 5.74) is 0. The van der Waals surface area contributed by atoms with Crippen LogP contribution in [0.15, 0.2) is 41.0 Å². The number of nitrogens with one attached hydrogen (secondary N) is 2. The highest BCUT2D eigenvalue weighted by molar-refractivity contribution is 5.91. The first kappa shape index (κ1) is 16.5. The molecule has 2 amide bonds. The Labute approximate surface area is 130 Å². The molecule has 0 bridgehead atoms. The third-order valence-electron chi connectivity index (χ3n) is 2.73. The summed E-state index contributed by atoms with van der Waals surface area (Å²) in [6, 6.07) is 5.89. The Bertz CT molecular complexity index is 674. The molecular formula is C15H14F2N2O4. The van der Waals surface area contributed by atoms with Crippen LogP contribution < -0.4 is 15.4 Å². The van der Waals surface area contributed by atoms with E-state index in [-0.39, 0.29) is 24.6 Å². The lowest BCUT2D eigenvalue weighted by atomic mass is 10.3. The molecule has 0 aliphatic carbocycles. The Kier molecular flexibility index (Phi) is 5.67. The minimum Gasteiger partial charge on any atom is -0.481 e. The first-order chi connectivity index (χ1) is 11.1. The molecule has 2 rings (SSSR count). The maximum atomic E-state index is 13.3. The van der Waals surface area contributed by atoms with Crippen molar-refractivity contribution in [2.24, 2.45) is 0 Å². The molecule has 0 unspecified atom stereocenters. The zero-order chi connectivity index (χ0) is 16.7. The molecular weight excluding hydrogens is 310 g/mol. The summed E-state index contributed by atoms with van der Waals surface area (Å²) < 4.78 is 35.8. The van der Waals surface area contributed by atoms with Gasteiger partial charge in [-0.3, -0.25) is 9.59 Å². The van der Waals surface area contributed by atoms with E-state index in [9.17, 15) is 18.4 Å². The van der Waals surface area contributed by atoms with Gasteiger partial charge in [-0.25, -0.2) is 8.78 Å². The maximum absolute atomic E-state index is 13.3. The van der Waals surface area contributed by atoms with E-state index in [4.69, 9.17) is 9.15 Å². The number of hydrogen-bond acceptors (Lipinski definition) is 4. The molecule has 0 fully saturated rings. The number of halogens is 2. The van der Waals surface area contributed by atoms with Crippen molar-refractivity contribution in [2.75, 3.05) is 19.7 Å². The summed E-state index contributed by atoms with van der Waals surface area (Å²) in [5, 5.41) is 5.02. The van der Waals surface area contributed by atoms with Gasteiger partial charge in [-0.05, 0) is 24.3 Å². The monoisotopic (exact) mass is 324 g/mol. The predicted octanol–water partition coefficient (Wildman–Crippen LogP) is 1.48. The van der Waals surface area contributed by atoms with E-state index in [2.05, 4.69) is 10.6 Å². The average Bonchev–Trinajstić information content (AvgIpc) is 3.05. The van der Waals surface area contributed by atoms with Crippen molar-refractivity contribution in [1.29, 1.82) is 0 Å². The van der Waals surface area contributed by atoms with E-state index < -0.39 is 30.1 Å². The van der Waals surface area contributed by atoms with Gasteiger partial charge in [-0.15, -0.1) is 0 Å². The summed E-state index contributed by atoms with van der Waals surface area (Å²) in [6.45, 7) is -0.0641. The Morgan fingerprint density at radius 1 is 1.13 bits per heavy atom. The van der Waals surface area contributed by atoms with Crippen molar-refractivity contribution in [2.45, 2.75) is 0 Å². The Balaban J connectivity index is 1.64. The highest BCUT2D eigenvalue weighted by Gasteiger charge is 2.09. The molecule has 0 aliphatic heterocycles. The van der Waals surface area contributed by atoms with E-state index >= 15 is 0 Å². The van der Waals surface area contributed by atoms with E-state index in [1.54, 1.807) is 6.07 Å². The molecule has 0 aliphatic rings. The second-order valence-corrected chi connectivity index (χ2v) is 4.45. The highest BCUT2D eigenvalue weighted by atomic mass is 19.1. The van der Waals surface area contributed by atoms with Gasteiger partial charge in [0.25, 0.3) is 11.8 Å². The zero-order valence-electron chi connectivity index (χ0n) is 12.0. The van der Waals surface area contributed by atoms with Gasteiger partial charge < -0.3 is 19.8 Å². The number of rotatable bonds is 7. The second kappa shape index (κ2) is 7.92. The predicted molar refractivity (Wildman–Crippen MR) is 75.9 cm³/mol. The molecule has 0 saturated carbocycles. The zero-order valence-corrected chi connectivity index (χ0v) is 12.0. The molecule has 1 aromatic carbocycles. The fourth-order valence-corrected chi connectivity index (χ4v) is 1.66. The van der Waals surface area contributed by atoms with E-state index in [0.29, 0.717) is 6.07 Å². The molecule has 0 saturated heterocycles. The van der Waals surface area contributed by atoms with E-state index in [1.165, 1.54) is 12.3 Å². The number of carbonyl (C=O) groups excluding carboxylic acids is 2. The molecule has 1 aromatic heterocycles. The summed E-state index contributed by atoms with van der Waals surface area (Å²) >= 11 is 0. The Morgan fingerprint density at radius 3 is 2.61 bits per heavy atom. The van der Waals surface area contributed by atoms with Crippen LogP contribution in [0.5, 0.6) is 5.75 Å². The molecule has 0 radical (unpaired) electrons. The minimum absolute atomic E-state index is 0.167. The summed E-state index contributed by atoms with van der Waals surface area (Å²) in [7, 11) is 0. The van der Waals surface area contributed by atoms with Crippen molar-refractivity contribution in [3.8, 4) is 5.75 Å². The van der Waals surface area contributed by atoms with Crippen molar-refractivity contribution < 1.29 is 27.5 Å². The summed E-state index contributed by atoms with van der Waals surface area (Å²) in [4.78, 5) is 23.0. The van der Waals surface area contributed by atoms with Crippen LogP contribution in [0, 0.1) is 11.6 Å². The van der Waals surface area contributed by atoms with E-state index in [0.717, 1.165) is 12.1 Å². The van der Waals surface area contributed by atoms with Gasteiger partial charge in [0.1, 0.15) is 5.82 Å². The van der Waals surface area contributed by atoms with Crippen molar-refractivity contribution in [3.63, 3.8) is 0 Å². The molecule has 2 aromatic rings. The number of ether oxygens (including phenoxy) is 1. The molecule has 23 heavy (non-hydrogen) atoms. The van der Waals surface area contributed by atoms with Gasteiger partial charge >= 0.3 is 0 Å².